The van der Waals surface area contributed by atoms with E-state index in [1.165, 1.54) is 17.6 Å². The van der Waals surface area contributed by atoms with Crippen LogP contribution in [0.15, 0.2) is 39.6 Å². The molecule has 0 radical (unpaired) electrons. The smallest absolute Gasteiger partial charge is 0.315 e. The number of thiophene rings is 1. The minimum absolute atomic E-state index is 0.216. The minimum atomic E-state index is -0.716. The number of nitrogens with one attached hydrogen (secondary N) is 3. The van der Waals surface area contributed by atoms with E-state index in [0.29, 0.717) is 5.76 Å². The fourth-order valence-electron chi connectivity index (χ4n) is 1.65. The number of nitrogens with zero attached hydrogens (tertiary/aromatic N) is 1. The molecule has 2 rings (SSSR count). The van der Waals surface area contributed by atoms with Crippen molar-refractivity contribution < 1.29 is 14.0 Å². The zero-order chi connectivity index (χ0) is 15.8. The average molecular weight is 318 g/mol. The molecular formula is C14H14N4O3S. The van der Waals surface area contributed by atoms with Gasteiger partial charge < -0.3 is 20.4 Å². The molecule has 3 N–H and O–H groups in total. The Morgan fingerprint density at radius 3 is 2.86 bits per heavy atom. The molecule has 0 aliphatic rings. The topological polar surface area (TPSA) is 107 Å². The molecule has 1 unspecified atom stereocenters. The Balaban J connectivity index is 1.70. The summed E-state index contributed by atoms with van der Waals surface area (Å²) in [6, 6.07) is 6.01. The average Bonchev–Trinajstić information content (AvgIpc) is 3.21. The van der Waals surface area contributed by atoms with Gasteiger partial charge in [-0.3, -0.25) is 4.79 Å². The number of carbonyl (C=O) groups excluding carboxylic acids is 2. The van der Waals surface area contributed by atoms with Gasteiger partial charge in [0.05, 0.1) is 25.4 Å². The van der Waals surface area contributed by atoms with Gasteiger partial charge in [-0.25, -0.2) is 4.79 Å². The van der Waals surface area contributed by atoms with Gasteiger partial charge in [-0.05, 0) is 34.5 Å². The molecule has 3 amide bonds. The molecule has 0 aromatic carbocycles. The molecule has 2 heterocycles. The molecule has 2 aromatic heterocycles. The summed E-state index contributed by atoms with van der Waals surface area (Å²) in [7, 11) is 0. The Bertz CT molecular complexity index is 646. The van der Waals surface area contributed by atoms with E-state index in [9.17, 15) is 9.59 Å². The zero-order valence-corrected chi connectivity index (χ0v) is 12.4. The van der Waals surface area contributed by atoms with Crippen LogP contribution in [0, 0.1) is 11.3 Å². The molecule has 0 spiro atoms. The summed E-state index contributed by atoms with van der Waals surface area (Å²) < 4.78 is 5.06. The highest BCUT2D eigenvalue weighted by Crippen LogP contribution is 2.15. The first-order chi connectivity index (χ1) is 10.7. The van der Waals surface area contributed by atoms with Gasteiger partial charge in [0, 0.05) is 0 Å². The number of urea groups is 1. The molecule has 2 aromatic rings. The first-order valence-electron chi connectivity index (χ1n) is 6.44. The highest BCUT2D eigenvalue weighted by Gasteiger charge is 2.14. The van der Waals surface area contributed by atoms with Crippen LogP contribution >= 0.6 is 11.3 Å². The van der Waals surface area contributed by atoms with Crippen LogP contribution in [0.3, 0.4) is 0 Å². The van der Waals surface area contributed by atoms with Crippen molar-refractivity contribution in [3.8, 4) is 6.07 Å². The van der Waals surface area contributed by atoms with Gasteiger partial charge >= 0.3 is 6.03 Å². The summed E-state index contributed by atoms with van der Waals surface area (Å²) in [5.41, 5.74) is 0.725. The largest absolute Gasteiger partial charge is 0.467 e. The molecule has 0 saturated heterocycles. The zero-order valence-electron chi connectivity index (χ0n) is 11.5. The van der Waals surface area contributed by atoms with Crippen LogP contribution in [0.4, 0.5) is 4.79 Å². The Kier molecular flexibility index (Phi) is 5.57. The molecular weight excluding hydrogens is 304 g/mol. The SMILES string of the molecule is N#CC(NC(=O)CNC(=O)NCc1ccco1)c1ccsc1. The molecule has 7 nitrogen and oxygen atoms in total. The summed E-state index contributed by atoms with van der Waals surface area (Å²) in [6.45, 7) is 0.0164. The Morgan fingerprint density at radius 2 is 2.23 bits per heavy atom. The maximum atomic E-state index is 11.7. The number of amides is 3. The van der Waals surface area contributed by atoms with Gasteiger partial charge in [-0.1, -0.05) is 0 Å². The van der Waals surface area contributed by atoms with Gasteiger partial charge in [-0.15, -0.1) is 0 Å². The van der Waals surface area contributed by atoms with E-state index in [-0.39, 0.29) is 13.1 Å². The number of hydrogen-bond donors (Lipinski definition) is 3. The number of rotatable bonds is 6. The van der Waals surface area contributed by atoms with Gasteiger partial charge in [-0.2, -0.15) is 16.6 Å². The summed E-state index contributed by atoms with van der Waals surface area (Å²) in [5.74, 6) is 0.174. The van der Waals surface area contributed by atoms with Crippen molar-refractivity contribution in [1.82, 2.24) is 16.0 Å². The second-order valence-corrected chi connectivity index (χ2v) is 5.08. The van der Waals surface area contributed by atoms with E-state index in [1.807, 2.05) is 11.4 Å². The lowest BCUT2D eigenvalue weighted by atomic mass is 10.2. The predicted octanol–water partition coefficient (Wildman–Crippen LogP) is 1.52. The molecule has 22 heavy (non-hydrogen) atoms. The molecule has 8 heteroatoms. The number of nitriles is 1. The van der Waals surface area contributed by atoms with Crippen molar-refractivity contribution >= 4 is 23.3 Å². The third kappa shape index (κ3) is 4.64. The van der Waals surface area contributed by atoms with Crippen molar-refractivity contribution in [2.24, 2.45) is 0 Å². The fourth-order valence-corrected chi connectivity index (χ4v) is 2.33. The second-order valence-electron chi connectivity index (χ2n) is 4.30. The highest BCUT2D eigenvalue weighted by molar-refractivity contribution is 7.08. The maximum absolute atomic E-state index is 11.7. The Morgan fingerprint density at radius 1 is 1.36 bits per heavy atom. The first-order valence-corrected chi connectivity index (χ1v) is 7.38. The van der Waals surface area contributed by atoms with Gasteiger partial charge in [0.2, 0.25) is 5.91 Å². The van der Waals surface area contributed by atoms with Gasteiger partial charge in [0.15, 0.2) is 0 Å². The number of hydrogen-bond acceptors (Lipinski definition) is 5. The summed E-state index contributed by atoms with van der Waals surface area (Å²) in [4.78, 5) is 23.2. The summed E-state index contributed by atoms with van der Waals surface area (Å²) in [6.07, 6.45) is 1.51. The van der Waals surface area contributed by atoms with Crippen LogP contribution in [0.5, 0.6) is 0 Å². The number of furan rings is 1. The molecule has 0 aliphatic heterocycles. The van der Waals surface area contributed by atoms with E-state index in [0.717, 1.165) is 5.56 Å². The standard InChI is InChI=1S/C14H14N4O3S/c15-6-12(10-3-5-22-9-10)18-13(19)8-17-14(20)16-7-11-2-1-4-21-11/h1-5,9,12H,7-8H2,(H,18,19)(H2,16,17,20). The summed E-state index contributed by atoms with van der Waals surface area (Å²) >= 11 is 1.44. The second kappa shape index (κ2) is 7.85. The van der Waals surface area contributed by atoms with Crippen molar-refractivity contribution in [3.05, 3.63) is 46.5 Å². The van der Waals surface area contributed by atoms with Crippen LogP contribution in [-0.4, -0.2) is 18.5 Å². The Labute approximate surface area is 130 Å². The predicted molar refractivity (Wildman–Crippen MR) is 79.8 cm³/mol. The molecule has 114 valence electrons. The lowest BCUT2D eigenvalue weighted by molar-refractivity contribution is -0.120. The fraction of sp³-hybridized carbons (Fsp3) is 0.214. The summed E-state index contributed by atoms with van der Waals surface area (Å²) in [5, 5.41) is 20.2. The van der Waals surface area contributed by atoms with E-state index >= 15 is 0 Å². The van der Waals surface area contributed by atoms with Crippen LogP contribution in [0.2, 0.25) is 0 Å². The monoisotopic (exact) mass is 318 g/mol. The van der Waals surface area contributed by atoms with Crippen molar-refractivity contribution in [2.45, 2.75) is 12.6 Å². The Hall–Kier alpha value is -2.79. The van der Waals surface area contributed by atoms with Crippen LogP contribution < -0.4 is 16.0 Å². The van der Waals surface area contributed by atoms with Crippen molar-refractivity contribution in [2.75, 3.05) is 6.54 Å². The highest BCUT2D eigenvalue weighted by atomic mass is 32.1. The molecule has 1 atom stereocenters. The van der Waals surface area contributed by atoms with E-state index in [1.54, 1.807) is 23.6 Å². The molecule has 0 fully saturated rings. The lowest BCUT2D eigenvalue weighted by Crippen LogP contribution is -2.42. The van der Waals surface area contributed by atoms with Crippen molar-refractivity contribution in [1.29, 1.82) is 5.26 Å². The molecule has 0 bridgehead atoms. The third-order valence-electron chi connectivity index (χ3n) is 2.72. The lowest BCUT2D eigenvalue weighted by Gasteiger charge is -2.11. The first kappa shape index (κ1) is 15.6. The van der Waals surface area contributed by atoms with E-state index < -0.39 is 18.0 Å². The van der Waals surface area contributed by atoms with Gasteiger partial charge in [0.25, 0.3) is 0 Å². The quantitative estimate of drug-likeness (QED) is 0.750. The molecule has 0 aliphatic carbocycles. The third-order valence-corrected chi connectivity index (χ3v) is 3.43. The van der Waals surface area contributed by atoms with Crippen molar-refractivity contribution in [3.63, 3.8) is 0 Å². The van der Waals surface area contributed by atoms with Crippen LogP contribution in [-0.2, 0) is 11.3 Å². The molecule has 0 saturated carbocycles. The normalized spacial score (nSPS) is 11.2. The van der Waals surface area contributed by atoms with Crippen LogP contribution in [0.1, 0.15) is 17.4 Å². The van der Waals surface area contributed by atoms with Gasteiger partial charge in [0.1, 0.15) is 11.8 Å². The number of carbonyl (C=O) groups is 2. The van der Waals surface area contributed by atoms with E-state index in [2.05, 4.69) is 16.0 Å². The van der Waals surface area contributed by atoms with Crippen LogP contribution in [0.25, 0.3) is 0 Å². The maximum Gasteiger partial charge on any atom is 0.315 e. The van der Waals surface area contributed by atoms with E-state index in [4.69, 9.17) is 9.68 Å². The minimum Gasteiger partial charge on any atom is -0.467 e.